The van der Waals surface area contributed by atoms with Gasteiger partial charge in [0.2, 0.25) is 0 Å². The molecule has 0 amide bonds. The van der Waals surface area contributed by atoms with Crippen molar-refractivity contribution >= 4 is 0 Å². The first-order valence-electron chi connectivity index (χ1n) is 4.71. The molecule has 78 valence electrons. The molecule has 0 fully saturated rings. The Morgan fingerprint density at radius 3 is 2.86 bits per heavy atom. The summed E-state index contributed by atoms with van der Waals surface area (Å²) in [5.74, 6) is 0.844. The molecule has 0 aliphatic heterocycles. The lowest BCUT2D eigenvalue weighted by molar-refractivity contribution is 0.0716. The number of rotatable bonds is 5. The van der Waals surface area contributed by atoms with E-state index in [-0.39, 0.29) is 6.10 Å². The Hall–Kier alpha value is -1.06. The van der Waals surface area contributed by atoms with Crippen molar-refractivity contribution in [3.63, 3.8) is 0 Å². The zero-order valence-corrected chi connectivity index (χ0v) is 8.69. The van der Waals surface area contributed by atoms with Crippen molar-refractivity contribution in [3.05, 3.63) is 29.8 Å². The summed E-state index contributed by atoms with van der Waals surface area (Å²) in [4.78, 5) is 0. The zero-order valence-electron chi connectivity index (χ0n) is 8.69. The fourth-order valence-corrected chi connectivity index (χ4v) is 1.04. The van der Waals surface area contributed by atoms with Gasteiger partial charge in [-0.2, -0.15) is 0 Å². The van der Waals surface area contributed by atoms with Crippen LogP contribution in [0.1, 0.15) is 12.5 Å². The van der Waals surface area contributed by atoms with Gasteiger partial charge in [0.1, 0.15) is 12.4 Å². The molecule has 0 spiro atoms. The number of benzene rings is 1. The Morgan fingerprint density at radius 1 is 1.43 bits per heavy atom. The third-order valence-corrected chi connectivity index (χ3v) is 2.02. The van der Waals surface area contributed by atoms with Gasteiger partial charge in [-0.15, -0.1) is 0 Å². The van der Waals surface area contributed by atoms with Crippen LogP contribution < -0.4 is 10.5 Å². The van der Waals surface area contributed by atoms with E-state index in [1.165, 1.54) is 0 Å². The smallest absolute Gasteiger partial charge is 0.119 e. The molecule has 0 saturated carbocycles. The SMILES string of the molecule is COC(C)COc1cccc(CN)c1. The van der Waals surface area contributed by atoms with Crippen LogP contribution in [-0.2, 0) is 11.3 Å². The summed E-state index contributed by atoms with van der Waals surface area (Å²) in [5.41, 5.74) is 6.60. The van der Waals surface area contributed by atoms with Crippen LogP contribution in [0.5, 0.6) is 5.75 Å². The third-order valence-electron chi connectivity index (χ3n) is 2.02. The lowest BCUT2D eigenvalue weighted by Gasteiger charge is -2.11. The minimum absolute atomic E-state index is 0.108. The van der Waals surface area contributed by atoms with Crippen LogP contribution in [0.25, 0.3) is 0 Å². The number of ether oxygens (including phenoxy) is 2. The molecule has 0 bridgehead atoms. The fraction of sp³-hybridized carbons (Fsp3) is 0.455. The Bertz CT molecular complexity index is 276. The van der Waals surface area contributed by atoms with Crippen LogP contribution in [0.2, 0.25) is 0 Å². The molecule has 2 N–H and O–H groups in total. The number of methoxy groups -OCH3 is 1. The molecule has 3 nitrogen and oxygen atoms in total. The van der Waals surface area contributed by atoms with Gasteiger partial charge < -0.3 is 15.2 Å². The summed E-state index contributed by atoms with van der Waals surface area (Å²) in [7, 11) is 1.67. The maximum absolute atomic E-state index is 5.52. The van der Waals surface area contributed by atoms with Crippen LogP contribution in [0.4, 0.5) is 0 Å². The van der Waals surface area contributed by atoms with Crippen LogP contribution in [0.15, 0.2) is 24.3 Å². The largest absolute Gasteiger partial charge is 0.491 e. The minimum Gasteiger partial charge on any atom is -0.491 e. The van der Waals surface area contributed by atoms with Gasteiger partial charge in [0.05, 0.1) is 6.10 Å². The van der Waals surface area contributed by atoms with Gasteiger partial charge in [-0.3, -0.25) is 0 Å². The van der Waals surface area contributed by atoms with Gasteiger partial charge in [-0.25, -0.2) is 0 Å². The van der Waals surface area contributed by atoms with Gasteiger partial charge in [0.15, 0.2) is 0 Å². The second-order valence-electron chi connectivity index (χ2n) is 3.21. The van der Waals surface area contributed by atoms with E-state index in [0.29, 0.717) is 13.2 Å². The highest BCUT2D eigenvalue weighted by Crippen LogP contribution is 2.13. The lowest BCUT2D eigenvalue weighted by atomic mass is 10.2. The normalized spacial score (nSPS) is 12.5. The summed E-state index contributed by atoms with van der Waals surface area (Å²) >= 11 is 0. The number of hydrogen-bond donors (Lipinski definition) is 1. The van der Waals surface area contributed by atoms with E-state index in [9.17, 15) is 0 Å². The molecule has 1 atom stereocenters. The lowest BCUT2D eigenvalue weighted by Crippen LogP contribution is -2.16. The molecule has 0 aromatic heterocycles. The molecular weight excluding hydrogens is 178 g/mol. The maximum atomic E-state index is 5.52. The van der Waals surface area contributed by atoms with Crippen molar-refractivity contribution in [2.45, 2.75) is 19.6 Å². The highest BCUT2D eigenvalue weighted by molar-refractivity contribution is 5.28. The third kappa shape index (κ3) is 3.36. The number of nitrogens with two attached hydrogens (primary N) is 1. The first kappa shape index (κ1) is 11.0. The standard InChI is InChI=1S/C11H17NO2/c1-9(13-2)8-14-11-5-3-4-10(6-11)7-12/h3-6,9H,7-8,12H2,1-2H3. The molecule has 0 aliphatic rings. The van der Waals surface area contributed by atoms with E-state index in [1.54, 1.807) is 7.11 Å². The Labute approximate surface area is 84.8 Å². The molecule has 0 aliphatic carbocycles. The molecule has 1 rings (SSSR count). The van der Waals surface area contributed by atoms with Crippen molar-refractivity contribution in [3.8, 4) is 5.75 Å². The maximum Gasteiger partial charge on any atom is 0.119 e. The topological polar surface area (TPSA) is 44.5 Å². The Morgan fingerprint density at radius 2 is 2.21 bits per heavy atom. The van der Waals surface area contributed by atoms with E-state index in [0.717, 1.165) is 11.3 Å². The van der Waals surface area contributed by atoms with Crippen molar-refractivity contribution < 1.29 is 9.47 Å². The van der Waals surface area contributed by atoms with Crippen LogP contribution in [0, 0.1) is 0 Å². The predicted molar refractivity (Wildman–Crippen MR) is 56.3 cm³/mol. The summed E-state index contributed by atoms with van der Waals surface area (Å²) < 4.78 is 10.6. The van der Waals surface area contributed by atoms with E-state index >= 15 is 0 Å². The molecular formula is C11H17NO2. The van der Waals surface area contributed by atoms with Gasteiger partial charge in [-0.05, 0) is 24.6 Å². The van der Waals surface area contributed by atoms with Gasteiger partial charge in [0.25, 0.3) is 0 Å². The molecule has 1 aromatic rings. The van der Waals surface area contributed by atoms with Crippen LogP contribution in [-0.4, -0.2) is 19.8 Å². The van der Waals surface area contributed by atoms with E-state index in [1.807, 2.05) is 31.2 Å². The van der Waals surface area contributed by atoms with E-state index in [4.69, 9.17) is 15.2 Å². The van der Waals surface area contributed by atoms with Crippen LogP contribution >= 0.6 is 0 Å². The zero-order chi connectivity index (χ0) is 10.4. The second-order valence-corrected chi connectivity index (χ2v) is 3.21. The molecule has 0 saturated heterocycles. The van der Waals surface area contributed by atoms with Crippen molar-refractivity contribution in [1.29, 1.82) is 0 Å². The monoisotopic (exact) mass is 195 g/mol. The first-order chi connectivity index (χ1) is 6.76. The van der Waals surface area contributed by atoms with Crippen molar-refractivity contribution in [2.75, 3.05) is 13.7 Å². The predicted octanol–water partition coefficient (Wildman–Crippen LogP) is 1.56. The molecule has 3 heteroatoms. The molecule has 14 heavy (non-hydrogen) atoms. The van der Waals surface area contributed by atoms with E-state index in [2.05, 4.69) is 0 Å². The van der Waals surface area contributed by atoms with E-state index < -0.39 is 0 Å². The second kappa shape index (κ2) is 5.62. The minimum atomic E-state index is 0.108. The molecule has 1 aromatic carbocycles. The summed E-state index contributed by atoms with van der Waals surface area (Å²) in [6, 6.07) is 7.78. The Kier molecular flexibility index (Phi) is 4.43. The molecule has 1 unspecified atom stereocenters. The highest BCUT2D eigenvalue weighted by atomic mass is 16.5. The molecule has 0 radical (unpaired) electrons. The average molecular weight is 195 g/mol. The average Bonchev–Trinajstić information content (AvgIpc) is 2.26. The fourth-order valence-electron chi connectivity index (χ4n) is 1.04. The van der Waals surface area contributed by atoms with Gasteiger partial charge in [0, 0.05) is 13.7 Å². The van der Waals surface area contributed by atoms with Crippen molar-refractivity contribution in [2.24, 2.45) is 5.73 Å². The first-order valence-corrected chi connectivity index (χ1v) is 4.71. The summed E-state index contributed by atoms with van der Waals surface area (Å²) in [6.45, 7) is 3.06. The van der Waals surface area contributed by atoms with Crippen molar-refractivity contribution in [1.82, 2.24) is 0 Å². The highest BCUT2D eigenvalue weighted by Gasteiger charge is 2.00. The number of hydrogen-bond acceptors (Lipinski definition) is 3. The summed E-state index contributed by atoms with van der Waals surface area (Å²) in [6.07, 6.45) is 0.108. The Balaban J connectivity index is 2.50. The van der Waals surface area contributed by atoms with Crippen LogP contribution in [0.3, 0.4) is 0 Å². The van der Waals surface area contributed by atoms with Gasteiger partial charge in [-0.1, -0.05) is 12.1 Å². The van der Waals surface area contributed by atoms with Gasteiger partial charge >= 0.3 is 0 Å². The molecule has 0 heterocycles. The quantitative estimate of drug-likeness (QED) is 0.775. The summed E-state index contributed by atoms with van der Waals surface area (Å²) in [5, 5.41) is 0.